The maximum Gasteiger partial charge on any atom is 0.196 e. The molecule has 0 aliphatic carbocycles. The summed E-state index contributed by atoms with van der Waals surface area (Å²) in [5.74, 6) is 1.46. The van der Waals surface area contributed by atoms with Gasteiger partial charge in [-0.1, -0.05) is 53.7 Å². The van der Waals surface area contributed by atoms with Gasteiger partial charge in [0.2, 0.25) is 0 Å². The number of hydrogen-bond acceptors (Lipinski definition) is 4. The van der Waals surface area contributed by atoms with Crippen molar-refractivity contribution < 1.29 is 4.74 Å². The summed E-state index contributed by atoms with van der Waals surface area (Å²) in [5.41, 5.74) is 1.96. The van der Waals surface area contributed by atoms with Gasteiger partial charge in [-0.05, 0) is 35.7 Å². The lowest BCUT2D eigenvalue weighted by Gasteiger charge is -2.07. The van der Waals surface area contributed by atoms with Crippen molar-refractivity contribution in [2.24, 2.45) is 0 Å². The summed E-state index contributed by atoms with van der Waals surface area (Å²) >= 11 is 7.71. The fraction of sp³-hybridized carbons (Fsp3) is 0.111. The third-order valence-electron chi connectivity index (χ3n) is 3.66. The minimum absolute atomic E-state index is 0.550. The first-order valence-corrected chi connectivity index (χ1v) is 8.92. The van der Waals surface area contributed by atoms with Crippen LogP contribution in [0.5, 0.6) is 5.75 Å². The zero-order valence-electron chi connectivity index (χ0n) is 12.7. The monoisotopic (exact) mass is 355 g/mol. The number of halogens is 1. The summed E-state index contributed by atoms with van der Waals surface area (Å²) < 4.78 is 7.80. The van der Waals surface area contributed by atoms with Gasteiger partial charge < -0.3 is 4.74 Å². The molecule has 6 heteroatoms. The quantitative estimate of drug-likeness (QED) is 0.384. The fourth-order valence-electron chi connectivity index (χ4n) is 2.55. The lowest BCUT2D eigenvalue weighted by molar-refractivity contribution is 0.344. The van der Waals surface area contributed by atoms with Gasteiger partial charge >= 0.3 is 0 Å². The Morgan fingerprint density at radius 1 is 0.958 bits per heavy atom. The van der Waals surface area contributed by atoms with E-state index in [9.17, 15) is 0 Å². The van der Waals surface area contributed by atoms with Crippen LogP contribution in [0.4, 0.5) is 0 Å². The molecule has 0 N–H and O–H groups in total. The van der Waals surface area contributed by atoms with Crippen LogP contribution in [0.25, 0.3) is 16.6 Å². The molecule has 4 rings (SSSR count). The fourth-order valence-corrected chi connectivity index (χ4v) is 3.51. The molecule has 2 aromatic heterocycles. The van der Waals surface area contributed by atoms with E-state index in [4.69, 9.17) is 16.3 Å². The Labute approximate surface area is 148 Å². The number of nitrogens with zero attached hydrogens (tertiary/aromatic N) is 3. The van der Waals surface area contributed by atoms with Crippen LogP contribution in [0.3, 0.4) is 0 Å². The molecule has 0 aliphatic heterocycles. The highest BCUT2D eigenvalue weighted by atomic mass is 35.5. The van der Waals surface area contributed by atoms with E-state index < -0.39 is 0 Å². The Morgan fingerprint density at radius 3 is 2.71 bits per heavy atom. The van der Waals surface area contributed by atoms with Crippen LogP contribution < -0.4 is 4.74 Å². The Morgan fingerprint density at radius 2 is 1.79 bits per heavy atom. The Hall–Kier alpha value is -2.24. The van der Waals surface area contributed by atoms with Gasteiger partial charge in [0.25, 0.3) is 0 Å². The smallest absolute Gasteiger partial charge is 0.196 e. The molecule has 0 saturated heterocycles. The molecule has 0 saturated carbocycles. The van der Waals surface area contributed by atoms with Gasteiger partial charge in [0.05, 0.1) is 17.1 Å². The summed E-state index contributed by atoms with van der Waals surface area (Å²) in [6.07, 6.45) is 0. The summed E-state index contributed by atoms with van der Waals surface area (Å²) in [6.45, 7) is 0.550. The Bertz CT molecular complexity index is 1000. The van der Waals surface area contributed by atoms with E-state index in [-0.39, 0.29) is 0 Å². The average molecular weight is 356 g/mol. The second kappa shape index (κ2) is 6.71. The molecule has 0 radical (unpaired) electrons. The van der Waals surface area contributed by atoms with Crippen molar-refractivity contribution in [3.05, 3.63) is 65.7 Å². The van der Waals surface area contributed by atoms with Gasteiger partial charge in [-0.15, -0.1) is 10.2 Å². The molecule has 0 spiro atoms. The Balaban J connectivity index is 1.51. The molecule has 0 atom stereocenters. The highest BCUT2D eigenvalue weighted by Gasteiger charge is 2.09. The van der Waals surface area contributed by atoms with Crippen molar-refractivity contribution in [3.8, 4) is 5.75 Å². The number of ether oxygens (including phenoxy) is 1. The van der Waals surface area contributed by atoms with Crippen molar-refractivity contribution in [1.82, 2.24) is 14.6 Å². The van der Waals surface area contributed by atoms with E-state index in [1.807, 2.05) is 42.5 Å². The predicted molar refractivity (Wildman–Crippen MR) is 98.2 cm³/mol. The maximum atomic E-state index is 6.09. The molecular formula is C18H14ClN3OS. The lowest BCUT2D eigenvalue weighted by atomic mass is 10.2. The molecule has 0 fully saturated rings. The number of fused-ring (bicyclic) bond motifs is 3. The van der Waals surface area contributed by atoms with Gasteiger partial charge in [-0.2, -0.15) is 0 Å². The number of hydrogen-bond donors (Lipinski definition) is 0. The number of benzene rings is 2. The topological polar surface area (TPSA) is 39.4 Å². The third kappa shape index (κ3) is 2.92. The van der Waals surface area contributed by atoms with E-state index in [0.717, 1.165) is 22.1 Å². The molecule has 24 heavy (non-hydrogen) atoms. The van der Waals surface area contributed by atoms with Crippen molar-refractivity contribution in [2.75, 3.05) is 12.4 Å². The molecule has 0 aliphatic rings. The van der Waals surface area contributed by atoms with Crippen LogP contribution in [-0.4, -0.2) is 27.0 Å². The minimum atomic E-state index is 0.550. The van der Waals surface area contributed by atoms with Gasteiger partial charge in [-0.25, -0.2) is 0 Å². The SMILES string of the molecule is Clc1ccccc1OCCSc1nnc2ccc3ccccc3n12. The molecule has 120 valence electrons. The number of para-hydroxylation sites is 2. The molecule has 4 nitrogen and oxygen atoms in total. The molecule has 2 aromatic carbocycles. The van der Waals surface area contributed by atoms with Crippen LogP contribution >= 0.6 is 23.4 Å². The highest BCUT2D eigenvalue weighted by molar-refractivity contribution is 7.99. The van der Waals surface area contributed by atoms with Crippen LogP contribution in [0.15, 0.2) is 65.8 Å². The molecule has 4 aromatic rings. The summed E-state index contributed by atoms with van der Waals surface area (Å²) in [7, 11) is 0. The summed E-state index contributed by atoms with van der Waals surface area (Å²) in [6, 6.07) is 19.8. The predicted octanol–water partition coefficient (Wildman–Crippen LogP) is 4.71. The number of pyridine rings is 1. The third-order valence-corrected chi connectivity index (χ3v) is 4.86. The van der Waals surface area contributed by atoms with Crippen LogP contribution in [-0.2, 0) is 0 Å². The van der Waals surface area contributed by atoms with Crippen molar-refractivity contribution >= 4 is 39.9 Å². The Kier molecular flexibility index (Phi) is 4.28. The second-order valence-electron chi connectivity index (χ2n) is 5.20. The first-order chi connectivity index (χ1) is 11.8. The zero-order valence-corrected chi connectivity index (χ0v) is 14.3. The molecule has 0 bridgehead atoms. The number of rotatable bonds is 5. The molecular weight excluding hydrogens is 342 g/mol. The molecule has 2 heterocycles. The average Bonchev–Trinajstić information content (AvgIpc) is 3.04. The van der Waals surface area contributed by atoms with Crippen LogP contribution in [0, 0.1) is 0 Å². The maximum absolute atomic E-state index is 6.09. The highest BCUT2D eigenvalue weighted by Crippen LogP contribution is 2.25. The van der Waals surface area contributed by atoms with Gasteiger partial charge in [0.15, 0.2) is 10.8 Å². The number of thioether (sulfide) groups is 1. The molecule has 0 amide bonds. The largest absolute Gasteiger partial charge is 0.491 e. The standard InChI is InChI=1S/C18H14ClN3OS/c19-14-6-2-4-8-16(14)23-11-12-24-18-21-20-17-10-9-13-5-1-3-7-15(13)22(17)18/h1-10H,11-12H2. The van der Waals surface area contributed by atoms with Crippen molar-refractivity contribution in [2.45, 2.75) is 5.16 Å². The van der Waals surface area contributed by atoms with E-state index in [0.29, 0.717) is 17.4 Å². The van der Waals surface area contributed by atoms with E-state index in [2.05, 4.69) is 32.8 Å². The van der Waals surface area contributed by atoms with Gasteiger partial charge in [0.1, 0.15) is 5.75 Å². The molecule has 0 unspecified atom stereocenters. The first kappa shape index (κ1) is 15.3. The van der Waals surface area contributed by atoms with E-state index in [1.165, 1.54) is 5.39 Å². The van der Waals surface area contributed by atoms with Gasteiger partial charge in [0, 0.05) is 5.75 Å². The van der Waals surface area contributed by atoms with Crippen LogP contribution in [0.2, 0.25) is 5.02 Å². The minimum Gasteiger partial charge on any atom is -0.491 e. The second-order valence-corrected chi connectivity index (χ2v) is 6.66. The number of aromatic nitrogens is 3. The van der Waals surface area contributed by atoms with Crippen molar-refractivity contribution in [1.29, 1.82) is 0 Å². The van der Waals surface area contributed by atoms with E-state index >= 15 is 0 Å². The normalized spacial score (nSPS) is 11.2. The summed E-state index contributed by atoms with van der Waals surface area (Å²) in [4.78, 5) is 0. The van der Waals surface area contributed by atoms with Crippen LogP contribution in [0.1, 0.15) is 0 Å². The van der Waals surface area contributed by atoms with Gasteiger partial charge in [-0.3, -0.25) is 4.40 Å². The lowest BCUT2D eigenvalue weighted by Crippen LogP contribution is -2.01. The summed E-state index contributed by atoms with van der Waals surface area (Å²) in [5, 5.41) is 11.2. The zero-order chi connectivity index (χ0) is 16.4. The van der Waals surface area contributed by atoms with Crippen molar-refractivity contribution in [3.63, 3.8) is 0 Å². The van der Waals surface area contributed by atoms with E-state index in [1.54, 1.807) is 11.8 Å². The first-order valence-electron chi connectivity index (χ1n) is 7.56.